The average molecular weight is 412 g/mol. The molecule has 1 atom stereocenters. The number of amides is 1. The van der Waals surface area contributed by atoms with Gasteiger partial charge in [-0.25, -0.2) is 9.97 Å². The molecule has 0 radical (unpaired) electrons. The standard InChI is InChI=1S/C19H18BrN5O/c20-12-3-1-4-14(9-12)25-8-7-13(10-25)24-19-16-6-2-5-15(18(21)26)17(16)22-11-23-19/h1-6,9,11,13H,7-8,10H2,(H2,21,26)(H,22,23,24). The van der Waals surface area contributed by atoms with Gasteiger partial charge in [0.25, 0.3) is 5.91 Å². The van der Waals surface area contributed by atoms with E-state index in [0.29, 0.717) is 11.1 Å². The summed E-state index contributed by atoms with van der Waals surface area (Å²) in [5, 5.41) is 4.32. The van der Waals surface area contributed by atoms with E-state index >= 15 is 0 Å². The quantitative estimate of drug-likeness (QED) is 0.688. The Labute approximate surface area is 159 Å². The highest BCUT2D eigenvalue weighted by Crippen LogP contribution is 2.27. The minimum atomic E-state index is -0.484. The number of halogens is 1. The second-order valence-corrected chi connectivity index (χ2v) is 7.26. The molecule has 132 valence electrons. The minimum absolute atomic E-state index is 0.268. The largest absolute Gasteiger partial charge is 0.369 e. The summed E-state index contributed by atoms with van der Waals surface area (Å²) in [6.45, 7) is 1.86. The molecule has 1 aromatic heterocycles. The van der Waals surface area contributed by atoms with Crippen molar-refractivity contribution in [3.05, 3.63) is 58.8 Å². The third-order valence-corrected chi connectivity index (χ3v) is 5.13. The van der Waals surface area contributed by atoms with Crippen molar-refractivity contribution in [1.82, 2.24) is 9.97 Å². The third-order valence-electron chi connectivity index (χ3n) is 4.63. The van der Waals surface area contributed by atoms with Gasteiger partial charge in [0.15, 0.2) is 0 Å². The van der Waals surface area contributed by atoms with Crippen molar-refractivity contribution in [2.75, 3.05) is 23.3 Å². The number of carbonyl (C=O) groups is 1. The Kier molecular flexibility index (Phi) is 4.46. The van der Waals surface area contributed by atoms with E-state index in [-0.39, 0.29) is 6.04 Å². The highest BCUT2D eigenvalue weighted by Gasteiger charge is 2.24. The van der Waals surface area contributed by atoms with Crippen molar-refractivity contribution in [2.24, 2.45) is 5.73 Å². The van der Waals surface area contributed by atoms with Crippen molar-refractivity contribution in [1.29, 1.82) is 0 Å². The molecule has 3 aromatic rings. The number of aromatic nitrogens is 2. The first kappa shape index (κ1) is 16.8. The third kappa shape index (κ3) is 3.22. The minimum Gasteiger partial charge on any atom is -0.369 e. The molecule has 0 aliphatic carbocycles. The van der Waals surface area contributed by atoms with Crippen LogP contribution >= 0.6 is 15.9 Å². The molecule has 1 aliphatic heterocycles. The summed E-state index contributed by atoms with van der Waals surface area (Å²) in [6, 6.07) is 14.0. The van der Waals surface area contributed by atoms with Crippen LogP contribution in [0.15, 0.2) is 53.3 Å². The lowest BCUT2D eigenvalue weighted by molar-refractivity contribution is 0.100. The van der Waals surface area contributed by atoms with Crippen LogP contribution in [0.5, 0.6) is 0 Å². The predicted molar refractivity (Wildman–Crippen MR) is 106 cm³/mol. The summed E-state index contributed by atoms with van der Waals surface area (Å²) in [7, 11) is 0. The van der Waals surface area contributed by atoms with Gasteiger partial charge in [-0.15, -0.1) is 0 Å². The Hall–Kier alpha value is -2.67. The van der Waals surface area contributed by atoms with Gasteiger partial charge in [0, 0.05) is 34.7 Å². The molecule has 3 N–H and O–H groups in total. The first-order chi connectivity index (χ1) is 12.6. The summed E-state index contributed by atoms with van der Waals surface area (Å²) in [4.78, 5) is 22.6. The van der Waals surface area contributed by atoms with Crippen molar-refractivity contribution >= 4 is 44.2 Å². The monoisotopic (exact) mass is 411 g/mol. The van der Waals surface area contributed by atoms with Gasteiger partial charge >= 0.3 is 0 Å². The first-order valence-corrected chi connectivity index (χ1v) is 9.22. The lowest BCUT2D eigenvalue weighted by Gasteiger charge is -2.20. The van der Waals surface area contributed by atoms with Crippen LogP contribution in [-0.4, -0.2) is 35.0 Å². The molecule has 26 heavy (non-hydrogen) atoms. The zero-order valence-electron chi connectivity index (χ0n) is 14.0. The number of primary amides is 1. The normalized spacial score (nSPS) is 16.8. The number of nitrogens with two attached hydrogens (primary N) is 1. The molecule has 1 fully saturated rings. The Morgan fingerprint density at radius 3 is 2.88 bits per heavy atom. The molecular formula is C19H18BrN5O. The van der Waals surface area contributed by atoms with E-state index in [4.69, 9.17) is 5.73 Å². The molecule has 4 rings (SSSR count). The number of nitrogens with one attached hydrogen (secondary N) is 1. The van der Waals surface area contributed by atoms with Gasteiger partial charge in [-0.05, 0) is 36.8 Å². The van der Waals surface area contributed by atoms with Crippen LogP contribution in [0.2, 0.25) is 0 Å². The molecule has 6 nitrogen and oxygen atoms in total. The number of benzene rings is 2. The molecule has 0 saturated carbocycles. The van der Waals surface area contributed by atoms with E-state index in [1.54, 1.807) is 12.1 Å². The summed E-state index contributed by atoms with van der Waals surface area (Å²) in [5.74, 6) is 0.251. The molecule has 1 unspecified atom stereocenters. The van der Waals surface area contributed by atoms with Crippen molar-refractivity contribution in [3.63, 3.8) is 0 Å². The number of anilines is 2. The van der Waals surface area contributed by atoms with E-state index in [9.17, 15) is 4.79 Å². The summed E-state index contributed by atoms with van der Waals surface area (Å²) < 4.78 is 1.08. The number of hydrogen-bond acceptors (Lipinski definition) is 5. The van der Waals surface area contributed by atoms with Gasteiger partial charge in [0.05, 0.1) is 11.1 Å². The topological polar surface area (TPSA) is 84.1 Å². The zero-order valence-corrected chi connectivity index (χ0v) is 15.6. The Balaban J connectivity index is 1.57. The maximum atomic E-state index is 11.6. The van der Waals surface area contributed by atoms with Crippen LogP contribution in [0.25, 0.3) is 10.9 Å². The number of fused-ring (bicyclic) bond motifs is 1. The number of carbonyl (C=O) groups excluding carboxylic acids is 1. The molecule has 1 aliphatic rings. The van der Waals surface area contributed by atoms with Gasteiger partial charge in [-0.1, -0.05) is 28.1 Å². The van der Waals surface area contributed by atoms with Crippen molar-refractivity contribution in [3.8, 4) is 0 Å². The van der Waals surface area contributed by atoms with Crippen LogP contribution in [0.1, 0.15) is 16.8 Å². The molecule has 2 heterocycles. The average Bonchev–Trinajstić information content (AvgIpc) is 3.10. The maximum absolute atomic E-state index is 11.6. The first-order valence-electron chi connectivity index (χ1n) is 8.42. The smallest absolute Gasteiger partial charge is 0.250 e. The highest BCUT2D eigenvalue weighted by molar-refractivity contribution is 9.10. The summed E-state index contributed by atoms with van der Waals surface area (Å²) >= 11 is 3.53. The highest BCUT2D eigenvalue weighted by atomic mass is 79.9. The van der Waals surface area contributed by atoms with Crippen LogP contribution < -0.4 is 16.0 Å². The van der Waals surface area contributed by atoms with Crippen LogP contribution in [-0.2, 0) is 0 Å². The molecule has 2 aromatic carbocycles. The fourth-order valence-electron chi connectivity index (χ4n) is 3.38. The number of rotatable bonds is 4. The fourth-order valence-corrected chi connectivity index (χ4v) is 3.77. The van der Waals surface area contributed by atoms with E-state index in [2.05, 4.69) is 48.2 Å². The number of nitrogens with zero attached hydrogens (tertiary/aromatic N) is 3. The molecule has 0 spiro atoms. The SMILES string of the molecule is NC(=O)c1cccc2c(NC3CCN(c4cccc(Br)c4)C3)ncnc12. The van der Waals surface area contributed by atoms with Crippen LogP contribution in [0.4, 0.5) is 11.5 Å². The van der Waals surface area contributed by atoms with E-state index < -0.39 is 5.91 Å². The van der Waals surface area contributed by atoms with Gasteiger partial charge in [-0.3, -0.25) is 4.79 Å². The zero-order chi connectivity index (χ0) is 18.1. The molecule has 1 saturated heterocycles. The lowest BCUT2D eigenvalue weighted by atomic mass is 10.1. The fraction of sp³-hybridized carbons (Fsp3) is 0.211. The summed E-state index contributed by atoms with van der Waals surface area (Å²) in [5.41, 5.74) is 7.65. The predicted octanol–water partition coefficient (Wildman–Crippen LogP) is 3.18. The molecule has 7 heteroatoms. The van der Waals surface area contributed by atoms with E-state index in [0.717, 1.165) is 35.2 Å². The van der Waals surface area contributed by atoms with Gasteiger partial charge < -0.3 is 16.0 Å². The lowest BCUT2D eigenvalue weighted by Crippen LogP contribution is -2.26. The second kappa shape index (κ2) is 6.92. The van der Waals surface area contributed by atoms with Crippen molar-refractivity contribution in [2.45, 2.75) is 12.5 Å². The molecule has 0 bridgehead atoms. The van der Waals surface area contributed by atoms with Crippen molar-refractivity contribution < 1.29 is 4.79 Å². The van der Waals surface area contributed by atoms with Crippen LogP contribution in [0.3, 0.4) is 0 Å². The number of hydrogen-bond donors (Lipinski definition) is 2. The molecular weight excluding hydrogens is 394 g/mol. The number of para-hydroxylation sites is 1. The Morgan fingerprint density at radius 1 is 1.23 bits per heavy atom. The summed E-state index contributed by atoms with van der Waals surface area (Å²) in [6.07, 6.45) is 2.48. The maximum Gasteiger partial charge on any atom is 0.250 e. The van der Waals surface area contributed by atoms with Gasteiger partial charge in [-0.2, -0.15) is 0 Å². The Bertz CT molecular complexity index is 977. The molecule has 1 amide bonds. The van der Waals surface area contributed by atoms with E-state index in [1.165, 1.54) is 12.0 Å². The van der Waals surface area contributed by atoms with Gasteiger partial charge in [0.1, 0.15) is 12.1 Å². The Morgan fingerprint density at radius 2 is 2.08 bits per heavy atom. The van der Waals surface area contributed by atoms with Gasteiger partial charge in [0.2, 0.25) is 0 Å². The van der Waals surface area contributed by atoms with E-state index in [1.807, 2.05) is 18.2 Å². The van der Waals surface area contributed by atoms with Crippen LogP contribution in [0, 0.1) is 0 Å². The second-order valence-electron chi connectivity index (χ2n) is 6.34.